The molecule has 0 saturated carbocycles. The first-order valence-corrected chi connectivity index (χ1v) is 10.3. The molecule has 3 rings (SSSR count). The van der Waals surface area contributed by atoms with Gasteiger partial charge in [-0.25, -0.2) is 4.79 Å². The van der Waals surface area contributed by atoms with E-state index in [1.165, 1.54) is 0 Å². The second kappa shape index (κ2) is 9.60. The van der Waals surface area contributed by atoms with E-state index in [4.69, 9.17) is 13.9 Å². The molecule has 6 heteroatoms. The fourth-order valence-electron chi connectivity index (χ4n) is 3.44. The molecular weight excluding hydrogens is 396 g/mol. The Balaban J connectivity index is 1.82. The zero-order chi connectivity index (χ0) is 22.5. The Morgan fingerprint density at radius 2 is 1.68 bits per heavy atom. The number of aryl methyl sites for hydroxylation is 3. The molecule has 0 aliphatic rings. The molecule has 0 aliphatic carbocycles. The smallest absolute Gasteiger partial charge is 0.339 e. The minimum atomic E-state index is -0.481. The van der Waals surface area contributed by atoms with Gasteiger partial charge in [0.25, 0.3) is 0 Å². The van der Waals surface area contributed by atoms with Crippen LogP contribution in [-0.2, 0) is 16.0 Å². The van der Waals surface area contributed by atoms with Crippen molar-refractivity contribution in [2.45, 2.75) is 40.5 Å². The first kappa shape index (κ1) is 22.3. The summed E-state index contributed by atoms with van der Waals surface area (Å²) in [5.41, 5.74) is 3.47. The maximum Gasteiger partial charge on any atom is 0.339 e. The molecule has 0 amide bonds. The lowest BCUT2D eigenvalue weighted by atomic mass is 10.0. The summed E-state index contributed by atoms with van der Waals surface area (Å²) in [6.45, 7) is 7.51. The predicted octanol–water partition coefficient (Wildman–Crippen LogP) is 4.48. The topological polar surface area (TPSA) is 82.8 Å². The summed E-state index contributed by atoms with van der Waals surface area (Å²) in [5, 5.41) is 0.771. The molecule has 31 heavy (non-hydrogen) atoms. The number of hydrogen-bond donors (Lipinski definition) is 0. The van der Waals surface area contributed by atoms with E-state index in [1.54, 1.807) is 38.1 Å². The van der Waals surface area contributed by atoms with E-state index in [0.717, 1.165) is 16.5 Å². The molecule has 162 valence electrons. The molecule has 0 spiro atoms. The average Bonchev–Trinajstić information content (AvgIpc) is 2.74. The van der Waals surface area contributed by atoms with Gasteiger partial charge >= 0.3 is 11.6 Å². The van der Waals surface area contributed by atoms with Crippen LogP contribution >= 0.6 is 0 Å². The number of fused-ring (bicyclic) bond motifs is 1. The molecule has 2 aromatic carbocycles. The van der Waals surface area contributed by atoms with Crippen LogP contribution in [0.1, 0.15) is 46.0 Å². The Bertz CT molecular complexity index is 1170. The summed E-state index contributed by atoms with van der Waals surface area (Å²) < 4.78 is 16.2. The number of esters is 1. The van der Waals surface area contributed by atoms with Crippen molar-refractivity contribution < 1.29 is 23.5 Å². The molecule has 0 radical (unpaired) electrons. The normalized spacial score (nSPS) is 10.8. The first-order valence-electron chi connectivity index (χ1n) is 10.3. The highest BCUT2D eigenvalue weighted by Crippen LogP contribution is 2.29. The number of carbonyl (C=O) groups is 2. The van der Waals surface area contributed by atoms with Crippen molar-refractivity contribution in [2.24, 2.45) is 0 Å². The van der Waals surface area contributed by atoms with Gasteiger partial charge in [0.1, 0.15) is 11.3 Å². The Hall–Kier alpha value is -3.41. The third kappa shape index (κ3) is 5.02. The van der Waals surface area contributed by atoms with E-state index in [1.807, 2.05) is 26.0 Å². The van der Waals surface area contributed by atoms with Crippen molar-refractivity contribution in [3.05, 3.63) is 74.6 Å². The van der Waals surface area contributed by atoms with E-state index < -0.39 is 5.63 Å². The van der Waals surface area contributed by atoms with Crippen molar-refractivity contribution in [1.29, 1.82) is 0 Å². The van der Waals surface area contributed by atoms with Gasteiger partial charge in [0.05, 0.1) is 6.61 Å². The van der Waals surface area contributed by atoms with E-state index in [0.29, 0.717) is 34.6 Å². The molecule has 1 aromatic heterocycles. The number of Topliss-reactive ketones (excluding diaryl/α,β-unsaturated/α-hetero) is 1. The van der Waals surface area contributed by atoms with Crippen LogP contribution in [0.2, 0.25) is 0 Å². The maximum absolute atomic E-state index is 12.6. The van der Waals surface area contributed by atoms with Gasteiger partial charge in [-0.1, -0.05) is 29.8 Å². The fraction of sp³-hybridized carbons (Fsp3) is 0.320. The van der Waals surface area contributed by atoms with Crippen LogP contribution in [0.3, 0.4) is 0 Å². The quantitative estimate of drug-likeness (QED) is 0.302. The monoisotopic (exact) mass is 422 g/mol. The SMILES string of the molecule is CCOC(=O)CCc1c(C)c2ccc(OCC(=O)c3ccc(C)cc3)c(C)c2oc1=O. The van der Waals surface area contributed by atoms with Crippen LogP contribution in [0.25, 0.3) is 11.0 Å². The number of ketones is 1. The van der Waals surface area contributed by atoms with Gasteiger partial charge < -0.3 is 13.9 Å². The molecule has 0 bridgehead atoms. The lowest BCUT2D eigenvalue weighted by Gasteiger charge is -2.13. The second-order valence-corrected chi connectivity index (χ2v) is 7.44. The van der Waals surface area contributed by atoms with E-state index >= 15 is 0 Å². The van der Waals surface area contributed by atoms with Crippen molar-refractivity contribution in [3.63, 3.8) is 0 Å². The molecule has 0 unspecified atom stereocenters. The van der Waals surface area contributed by atoms with Gasteiger partial charge in [-0.05, 0) is 51.8 Å². The van der Waals surface area contributed by atoms with Crippen molar-refractivity contribution in [1.82, 2.24) is 0 Å². The van der Waals surface area contributed by atoms with Gasteiger partial charge in [-0.3, -0.25) is 9.59 Å². The highest BCUT2D eigenvalue weighted by atomic mass is 16.5. The van der Waals surface area contributed by atoms with Crippen LogP contribution in [0.5, 0.6) is 5.75 Å². The summed E-state index contributed by atoms with van der Waals surface area (Å²) in [7, 11) is 0. The van der Waals surface area contributed by atoms with E-state index in [2.05, 4.69) is 0 Å². The predicted molar refractivity (Wildman–Crippen MR) is 118 cm³/mol. The van der Waals surface area contributed by atoms with Crippen molar-refractivity contribution >= 4 is 22.7 Å². The Morgan fingerprint density at radius 1 is 0.968 bits per heavy atom. The average molecular weight is 422 g/mol. The van der Waals surface area contributed by atoms with E-state index in [-0.39, 0.29) is 31.2 Å². The minimum absolute atomic E-state index is 0.115. The molecule has 0 N–H and O–H groups in total. The summed E-state index contributed by atoms with van der Waals surface area (Å²) in [4.78, 5) is 36.6. The highest BCUT2D eigenvalue weighted by molar-refractivity contribution is 5.97. The van der Waals surface area contributed by atoms with Gasteiger partial charge in [0, 0.05) is 28.5 Å². The third-order valence-corrected chi connectivity index (χ3v) is 5.27. The lowest BCUT2D eigenvalue weighted by Crippen LogP contribution is -2.15. The zero-order valence-electron chi connectivity index (χ0n) is 18.2. The first-order chi connectivity index (χ1) is 14.8. The zero-order valence-corrected chi connectivity index (χ0v) is 18.2. The molecule has 6 nitrogen and oxygen atoms in total. The molecule has 0 aliphatic heterocycles. The Morgan fingerprint density at radius 3 is 2.35 bits per heavy atom. The number of hydrogen-bond acceptors (Lipinski definition) is 6. The summed E-state index contributed by atoms with van der Waals surface area (Å²) in [5.74, 6) is 0.000739. The Kier molecular flexibility index (Phi) is 6.90. The molecule has 1 heterocycles. The molecule has 0 fully saturated rings. The second-order valence-electron chi connectivity index (χ2n) is 7.44. The van der Waals surface area contributed by atoms with Crippen molar-refractivity contribution in [2.75, 3.05) is 13.2 Å². The van der Waals surface area contributed by atoms with Crippen LogP contribution < -0.4 is 10.4 Å². The third-order valence-electron chi connectivity index (χ3n) is 5.27. The molecule has 3 aromatic rings. The number of carbonyl (C=O) groups excluding carboxylic acids is 2. The number of benzene rings is 2. The van der Waals surface area contributed by atoms with Crippen LogP contribution in [0, 0.1) is 20.8 Å². The summed E-state index contributed by atoms with van der Waals surface area (Å²) in [6.07, 6.45) is 0.373. The summed E-state index contributed by atoms with van der Waals surface area (Å²) >= 11 is 0. The summed E-state index contributed by atoms with van der Waals surface area (Å²) in [6, 6.07) is 10.9. The number of rotatable bonds is 8. The minimum Gasteiger partial charge on any atom is -0.485 e. The fourth-order valence-corrected chi connectivity index (χ4v) is 3.44. The van der Waals surface area contributed by atoms with Crippen LogP contribution in [0.15, 0.2) is 45.6 Å². The van der Waals surface area contributed by atoms with Crippen LogP contribution in [-0.4, -0.2) is 25.0 Å². The van der Waals surface area contributed by atoms with E-state index in [9.17, 15) is 14.4 Å². The molecule has 0 atom stereocenters. The lowest BCUT2D eigenvalue weighted by molar-refractivity contribution is -0.143. The number of ether oxygens (including phenoxy) is 2. The van der Waals surface area contributed by atoms with Gasteiger partial charge in [0.15, 0.2) is 12.4 Å². The molecular formula is C25H26O6. The van der Waals surface area contributed by atoms with Gasteiger partial charge in [-0.15, -0.1) is 0 Å². The van der Waals surface area contributed by atoms with Gasteiger partial charge in [-0.2, -0.15) is 0 Å². The van der Waals surface area contributed by atoms with Crippen molar-refractivity contribution in [3.8, 4) is 5.75 Å². The highest BCUT2D eigenvalue weighted by Gasteiger charge is 2.17. The molecule has 0 saturated heterocycles. The largest absolute Gasteiger partial charge is 0.485 e. The van der Waals surface area contributed by atoms with Gasteiger partial charge in [0.2, 0.25) is 0 Å². The van der Waals surface area contributed by atoms with Crippen LogP contribution in [0.4, 0.5) is 0 Å². The standard InChI is InChI=1S/C25H26O6/c1-5-29-23(27)13-11-20-16(3)19-10-12-22(17(4)24(19)31-25(20)28)30-14-21(26)18-8-6-15(2)7-9-18/h6-10,12H,5,11,13-14H2,1-4H3. The maximum atomic E-state index is 12.6. The Labute approximate surface area is 180 Å².